The van der Waals surface area contributed by atoms with Crippen molar-refractivity contribution >= 4 is 27.1 Å². The smallest absolute Gasteiger partial charge is 0.298 e. The van der Waals surface area contributed by atoms with E-state index in [1.165, 1.54) is 12.5 Å². The fraction of sp³-hybridized carbons (Fsp3) is 0.375. The van der Waals surface area contributed by atoms with Crippen LogP contribution in [0.5, 0.6) is 0 Å². The summed E-state index contributed by atoms with van der Waals surface area (Å²) < 4.78 is 34.8. The van der Waals surface area contributed by atoms with Crippen molar-refractivity contribution in [3.63, 3.8) is 0 Å². The molecule has 2 aromatic heterocycles. The molecule has 1 aliphatic heterocycles. The summed E-state index contributed by atoms with van der Waals surface area (Å²) in [5.41, 5.74) is 1.54. The van der Waals surface area contributed by atoms with Gasteiger partial charge in [-0.25, -0.2) is 18.1 Å². The summed E-state index contributed by atoms with van der Waals surface area (Å²) in [6.07, 6.45) is 4.79. The Kier molecular flexibility index (Phi) is 3.97. The van der Waals surface area contributed by atoms with Gasteiger partial charge in [0.15, 0.2) is 10.6 Å². The number of anilines is 1. The van der Waals surface area contributed by atoms with Crippen LogP contribution < -0.4 is 9.62 Å². The molecule has 0 bridgehead atoms. The Morgan fingerprint density at radius 2 is 2.20 bits per heavy atom. The average molecular weight is 361 g/mol. The van der Waals surface area contributed by atoms with E-state index in [4.69, 9.17) is 4.42 Å². The van der Waals surface area contributed by atoms with Crippen LogP contribution in [-0.4, -0.2) is 42.1 Å². The molecule has 3 aromatic rings. The first-order chi connectivity index (χ1) is 12.0. The lowest BCUT2D eigenvalue weighted by Gasteiger charge is -2.22. The lowest BCUT2D eigenvalue weighted by molar-refractivity contribution is 0.533. The maximum absolute atomic E-state index is 12.3. The van der Waals surface area contributed by atoms with Crippen LogP contribution in [0.3, 0.4) is 0 Å². The third-order valence-corrected chi connectivity index (χ3v) is 5.68. The number of benzene rings is 1. The maximum atomic E-state index is 12.3. The fourth-order valence-electron chi connectivity index (χ4n) is 3.09. The van der Waals surface area contributed by atoms with Crippen LogP contribution in [0.25, 0.3) is 11.1 Å². The summed E-state index contributed by atoms with van der Waals surface area (Å²) in [5.74, 6) is 0. The zero-order valence-corrected chi connectivity index (χ0v) is 14.6. The van der Waals surface area contributed by atoms with E-state index >= 15 is 0 Å². The SMILES string of the molecule is Cn1cnc(S(=O)(=O)NCC2CCCN2c2nc3ccccc3o2)c1. The van der Waals surface area contributed by atoms with Gasteiger partial charge in [-0.1, -0.05) is 12.1 Å². The number of rotatable bonds is 5. The molecule has 0 amide bonds. The van der Waals surface area contributed by atoms with Crippen LogP contribution in [0.4, 0.5) is 6.01 Å². The molecule has 1 aliphatic rings. The van der Waals surface area contributed by atoms with Crippen molar-refractivity contribution in [3.8, 4) is 0 Å². The number of nitrogens with one attached hydrogen (secondary N) is 1. The van der Waals surface area contributed by atoms with E-state index in [0.29, 0.717) is 6.01 Å². The summed E-state index contributed by atoms with van der Waals surface area (Å²) in [6, 6.07) is 8.14. The first-order valence-corrected chi connectivity index (χ1v) is 9.61. The predicted octanol–water partition coefficient (Wildman–Crippen LogP) is 1.51. The van der Waals surface area contributed by atoms with Gasteiger partial charge < -0.3 is 13.9 Å². The second kappa shape index (κ2) is 6.16. The molecule has 0 spiro atoms. The van der Waals surface area contributed by atoms with Crippen molar-refractivity contribution in [1.82, 2.24) is 19.3 Å². The van der Waals surface area contributed by atoms with Gasteiger partial charge in [0.2, 0.25) is 0 Å². The summed E-state index contributed by atoms with van der Waals surface area (Å²) in [4.78, 5) is 10.5. The first-order valence-electron chi connectivity index (χ1n) is 8.13. The number of fused-ring (bicyclic) bond motifs is 1. The van der Waals surface area contributed by atoms with E-state index in [2.05, 4.69) is 14.7 Å². The Bertz CT molecular complexity index is 961. The van der Waals surface area contributed by atoms with Gasteiger partial charge in [0, 0.05) is 32.4 Å². The van der Waals surface area contributed by atoms with E-state index in [1.54, 1.807) is 11.6 Å². The third-order valence-electron chi connectivity index (χ3n) is 4.37. The molecule has 3 heterocycles. The van der Waals surface area contributed by atoms with Crippen LogP contribution in [-0.2, 0) is 17.1 Å². The normalized spacial score (nSPS) is 18.3. The van der Waals surface area contributed by atoms with E-state index in [-0.39, 0.29) is 17.6 Å². The van der Waals surface area contributed by atoms with E-state index in [1.807, 2.05) is 29.2 Å². The number of hydrogen-bond donors (Lipinski definition) is 1. The molecule has 8 nitrogen and oxygen atoms in total. The monoisotopic (exact) mass is 361 g/mol. The van der Waals surface area contributed by atoms with E-state index < -0.39 is 10.0 Å². The number of sulfonamides is 1. The molecule has 132 valence electrons. The van der Waals surface area contributed by atoms with Crippen molar-refractivity contribution in [2.45, 2.75) is 23.9 Å². The molecule has 1 fully saturated rings. The zero-order valence-electron chi connectivity index (χ0n) is 13.8. The molecule has 1 saturated heterocycles. The van der Waals surface area contributed by atoms with Gasteiger partial charge >= 0.3 is 0 Å². The Labute approximate surface area is 145 Å². The molecule has 0 radical (unpaired) electrons. The van der Waals surface area contributed by atoms with Crippen molar-refractivity contribution in [2.75, 3.05) is 18.0 Å². The highest BCUT2D eigenvalue weighted by atomic mass is 32.2. The largest absolute Gasteiger partial charge is 0.423 e. The molecule has 0 aliphatic carbocycles. The predicted molar refractivity (Wildman–Crippen MR) is 92.8 cm³/mol. The standard InChI is InChI=1S/C16H19N5O3S/c1-20-10-15(17-11-20)25(22,23)18-9-12-5-4-8-21(12)16-19-13-6-2-3-7-14(13)24-16/h2-3,6-7,10-12,18H,4-5,8-9H2,1H3. The number of para-hydroxylation sites is 2. The Morgan fingerprint density at radius 1 is 1.36 bits per heavy atom. The highest BCUT2D eigenvalue weighted by molar-refractivity contribution is 7.89. The van der Waals surface area contributed by atoms with E-state index in [0.717, 1.165) is 30.5 Å². The molecule has 1 atom stereocenters. The lowest BCUT2D eigenvalue weighted by atomic mass is 10.2. The number of aryl methyl sites for hydroxylation is 1. The molecule has 1 aromatic carbocycles. The molecule has 9 heteroatoms. The fourth-order valence-corrected chi connectivity index (χ4v) is 4.14. The van der Waals surface area contributed by atoms with Gasteiger partial charge in [0.25, 0.3) is 16.0 Å². The number of nitrogens with zero attached hydrogens (tertiary/aromatic N) is 4. The Morgan fingerprint density at radius 3 is 2.96 bits per heavy atom. The Balaban J connectivity index is 1.50. The van der Waals surface area contributed by atoms with Gasteiger partial charge in [-0.15, -0.1) is 0 Å². The number of hydrogen-bond acceptors (Lipinski definition) is 6. The number of imidazole rings is 1. The molecule has 4 rings (SSSR count). The Hall–Kier alpha value is -2.39. The van der Waals surface area contributed by atoms with Crippen LogP contribution in [0.2, 0.25) is 0 Å². The quantitative estimate of drug-likeness (QED) is 0.740. The summed E-state index contributed by atoms with van der Waals surface area (Å²) in [6.45, 7) is 1.08. The zero-order chi connectivity index (χ0) is 17.4. The second-order valence-corrected chi connectivity index (χ2v) is 7.90. The van der Waals surface area contributed by atoms with Gasteiger partial charge in [-0.3, -0.25) is 0 Å². The summed E-state index contributed by atoms with van der Waals surface area (Å²) in [5, 5.41) is 0.0291. The van der Waals surface area contributed by atoms with Crippen LogP contribution in [0.15, 0.2) is 46.2 Å². The van der Waals surface area contributed by atoms with E-state index in [9.17, 15) is 8.42 Å². The highest BCUT2D eigenvalue weighted by Gasteiger charge is 2.30. The van der Waals surface area contributed by atoms with Crippen molar-refractivity contribution in [3.05, 3.63) is 36.8 Å². The maximum Gasteiger partial charge on any atom is 0.298 e. The molecule has 25 heavy (non-hydrogen) atoms. The van der Waals surface area contributed by atoms with Gasteiger partial charge in [0.1, 0.15) is 5.52 Å². The van der Waals surface area contributed by atoms with Crippen molar-refractivity contribution in [2.24, 2.45) is 7.05 Å². The molecule has 1 N–H and O–H groups in total. The molecular formula is C16H19N5O3S. The number of oxazole rings is 1. The van der Waals surface area contributed by atoms with Gasteiger partial charge in [-0.2, -0.15) is 4.98 Å². The van der Waals surface area contributed by atoms with Gasteiger partial charge in [-0.05, 0) is 25.0 Å². The van der Waals surface area contributed by atoms with Crippen molar-refractivity contribution in [1.29, 1.82) is 0 Å². The second-order valence-electron chi connectivity index (χ2n) is 6.18. The summed E-state index contributed by atoms with van der Waals surface area (Å²) >= 11 is 0. The van der Waals surface area contributed by atoms with Crippen LogP contribution in [0, 0.1) is 0 Å². The lowest BCUT2D eigenvalue weighted by Crippen LogP contribution is -2.40. The molecular weight excluding hydrogens is 342 g/mol. The molecule has 0 saturated carbocycles. The minimum Gasteiger partial charge on any atom is -0.423 e. The van der Waals surface area contributed by atoms with Gasteiger partial charge in [0.05, 0.1) is 6.33 Å². The third kappa shape index (κ3) is 3.12. The first kappa shape index (κ1) is 16.1. The number of aromatic nitrogens is 3. The van der Waals surface area contributed by atoms with Crippen LogP contribution >= 0.6 is 0 Å². The minimum absolute atomic E-state index is 0.00606. The highest BCUT2D eigenvalue weighted by Crippen LogP contribution is 2.28. The van der Waals surface area contributed by atoms with Crippen LogP contribution in [0.1, 0.15) is 12.8 Å². The molecule has 1 unspecified atom stereocenters. The topological polar surface area (TPSA) is 93.3 Å². The summed E-state index contributed by atoms with van der Waals surface area (Å²) in [7, 11) is -1.88. The average Bonchev–Trinajstić information content (AvgIpc) is 3.31. The van der Waals surface area contributed by atoms with Crippen molar-refractivity contribution < 1.29 is 12.8 Å². The minimum atomic E-state index is -3.62.